The predicted octanol–water partition coefficient (Wildman–Crippen LogP) is 3.97. The Bertz CT molecular complexity index is 823. The monoisotopic (exact) mass is 402 g/mol. The number of rotatable bonds is 8. The first kappa shape index (κ1) is 21.8. The molecule has 0 aliphatic carbocycles. The highest BCUT2D eigenvalue weighted by atomic mass is 35.5. The second kappa shape index (κ2) is 10.1. The lowest BCUT2D eigenvalue weighted by Gasteiger charge is -2.29. The van der Waals surface area contributed by atoms with Gasteiger partial charge in [-0.2, -0.15) is 0 Å². The van der Waals surface area contributed by atoms with Crippen LogP contribution >= 0.6 is 11.6 Å². The molecule has 0 aliphatic heterocycles. The third kappa shape index (κ3) is 6.57. The van der Waals surface area contributed by atoms with E-state index in [1.165, 1.54) is 4.90 Å². The van der Waals surface area contributed by atoms with E-state index in [4.69, 9.17) is 16.3 Å². The van der Waals surface area contributed by atoms with E-state index in [9.17, 15) is 9.59 Å². The maximum atomic E-state index is 12.9. The zero-order chi connectivity index (χ0) is 20.7. The van der Waals surface area contributed by atoms with Crippen LogP contribution in [0.1, 0.15) is 31.9 Å². The minimum absolute atomic E-state index is 0.00594. The Morgan fingerprint density at radius 1 is 1.11 bits per heavy atom. The first-order valence-corrected chi connectivity index (χ1v) is 9.68. The van der Waals surface area contributed by atoms with E-state index >= 15 is 0 Å². The van der Waals surface area contributed by atoms with Crippen molar-refractivity contribution >= 4 is 23.4 Å². The quantitative estimate of drug-likeness (QED) is 0.726. The summed E-state index contributed by atoms with van der Waals surface area (Å²) in [5, 5.41) is 3.40. The molecule has 0 saturated carbocycles. The highest BCUT2D eigenvalue weighted by Crippen LogP contribution is 2.18. The number of ether oxygens (including phenoxy) is 1. The Balaban J connectivity index is 2.15. The van der Waals surface area contributed by atoms with Crippen molar-refractivity contribution in [3.63, 3.8) is 0 Å². The molecule has 1 unspecified atom stereocenters. The third-order valence-corrected chi connectivity index (χ3v) is 4.43. The van der Waals surface area contributed by atoms with Crippen molar-refractivity contribution < 1.29 is 14.3 Å². The van der Waals surface area contributed by atoms with Crippen molar-refractivity contribution in [3.8, 4) is 5.75 Å². The van der Waals surface area contributed by atoms with E-state index in [2.05, 4.69) is 5.32 Å². The molecule has 2 amide bonds. The predicted molar refractivity (Wildman–Crippen MR) is 111 cm³/mol. The van der Waals surface area contributed by atoms with Gasteiger partial charge in [0.15, 0.2) is 6.61 Å². The molecule has 28 heavy (non-hydrogen) atoms. The Hall–Kier alpha value is -2.53. The zero-order valence-electron chi connectivity index (χ0n) is 16.7. The van der Waals surface area contributed by atoms with E-state index < -0.39 is 6.04 Å². The van der Waals surface area contributed by atoms with Crippen molar-refractivity contribution in [1.29, 1.82) is 0 Å². The number of nitrogens with one attached hydrogen (secondary N) is 1. The van der Waals surface area contributed by atoms with Crippen molar-refractivity contribution in [2.24, 2.45) is 0 Å². The Morgan fingerprint density at radius 3 is 2.46 bits per heavy atom. The number of carbonyl (C=O) groups excluding carboxylic acids is 2. The number of aryl methyl sites for hydroxylation is 1. The van der Waals surface area contributed by atoms with Gasteiger partial charge in [-0.15, -0.1) is 0 Å². The highest BCUT2D eigenvalue weighted by Gasteiger charge is 2.26. The van der Waals surface area contributed by atoms with Gasteiger partial charge in [-0.05, 0) is 51.5 Å². The van der Waals surface area contributed by atoms with Gasteiger partial charge in [0.05, 0.1) is 0 Å². The summed E-state index contributed by atoms with van der Waals surface area (Å²) < 4.78 is 5.59. The maximum absolute atomic E-state index is 12.9. The van der Waals surface area contributed by atoms with Crippen LogP contribution in [0, 0.1) is 6.92 Å². The molecule has 2 aromatic rings. The molecule has 2 aromatic carbocycles. The minimum atomic E-state index is -0.627. The number of hydrogen-bond donors (Lipinski definition) is 1. The summed E-state index contributed by atoms with van der Waals surface area (Å²) in [5.74, 6) is 0.0438. The standard InChI is InChI=1S/C22H27ClN2O3/c1-15(2)24-22(27)17(4)25(13-18-8-5-7-16(3)11-18)21(26)14-28-20-10-6-9-19(23)12-20/h5-12,15,17H,13-14H2,1-4H3,(H,24,27). The van der Waals surface area contributed by atoms with Crippen LogP contribution in [-0.2, 0) is 16.1 Å². The molecule has 0 fully saturated rings. The summed E-state index contributed by atoms with van der Waals surface area (Å²) in [6.45, 7) is 7.65. The van der Waals surface area contributed by atoms with Gasteiger partial charge in [-0.1, -0.05) is 47.5 Å². The fourth-order valence-corrected chi connectivity index (χ4v) is 2.96. The number of nitrogens with zero attached hydrogens (tertiary/aromatic N) is 1. The minimum Gasteiger partial charge on any atom is -0.484 e. The Labute approximate surface area is 171 Å². The van der Waals surface area contributed by atoms with Crippen LogP contribution in [0.25, 0.3) is 0 Å². The van der Waals surface area contributed by atoms with E-state index in [1.54, 1.807) is 31.2 Å². The lowest BCUT2D eigenvalue weighted by Crippen LogP contribution is -2.50. The molecule has 1 N–H and O–H groups in total. The van der Waals surface area contributed by atoms with Crippen LogP contribution in [0.15, 0.2) is 48.5 Å². The highest BCUT2D eigenvalue weighted by molar-refractivity contribution is 6.30. The SMILES string of the molecule is Cc1cccc(CN(C(=O)COc2cccc(Cl)c2)C(C)C(=O)NC(C)C)c1. The lowest BCUT2D eigenvalue weighted by molar-refractivity contribution is -0.142. The van der Waals surface area contributed by atoms with Gasteiger partial charge in [-0.3, -0.25) is 9.59 Å². The first-order valence-electron chi connectivity index (χ1n) is 9.30. The molecule has 0 saturated heterocycles. The topological polar surface area (TPSA) is 58.6 Å². The van der Waals surface area contributed by atoms with Crippen LogP contribution < -0.4 is 10.1 Å². The summed E-state index contributed by atoms with van der Waals surface area (Å²) in [7, 11) is 0. The summed E-state index contributed by atoms with van der Waals surface area (Å²) in [4.78, 5) is 27.0. The van der Waals surface area contributed by atoms with Gasteiger partial charge in [0, 0.05) is 17.6 Å². The van der Waals surface area contributed by atoms with Crippen LogP contribution in [0.3, 0.4) is 0 Å². The van der Waals surface area contributed by atoms with Gasteiger partial charge < -0.3 is 15.0 Å². The molecule has 0 radical (unpaired) electrons. The zero-order valence-corrected chi connectivity index (χ0v) is 17.5. The van der Waals surface area contributed by atoms with Crippen molar-refractivity contribution in [2.45, 2.75) is 46.3 Å². The van der Waals surface area contributed by atoms with Gasteiger partial charge in [0.1, 0.15) is 11.8 Å². The summed E-state index contributed by atoms with van der Waals surface area (Å²) in [5.41, 5.74) is 2.06. The number of amides is 2. The van der Waals surface area contributed by atoms with E-state index in [0.29, 0.717) is 17.3 Å². The van der Waals surface area contributed by atoms with Crippen molar-refractivity contribution in [2.75, 3.05) is 6.61 Å². The molecular formula is C22H27ClN2O3. The van der Waals surface area contributed by atoms with Gasteiger partial charge in [0.2, 0.25) is 5.91 Å². The van der Waals surface area contributed by atoms with Crippen LogP contribution in [0.5, 0.6) is 5.75 Å². The molecule has 150 valence electrons. The Kier molecular flexibility index (Phi) is 7.88. The number of hydrogen-bond acceptors (Lipinski definition) is 3. The molecule has 6 heteroatoms. The molecule has 0 aromatic heterocycles. The van der Waals surface area contributed by atoms with Gasteiger partial charge in [-0.25, -0.2) is 0 Å². The lowest BCUT2D eigenvalue weighted by atomic mass is 10.1. The molecular weight excluding hydrogens is 376 g/mol. The second-order valence-corrected chi connectivity index (χ2v) is 7.53. The molecule has 0 bridgehead atoms. The normalized spacial score (nSPS) is 11.8. The number of halogens is 1. The van der Waals surface area contributed by atoms with E-state index in [1.807, 2.05) is 45.0 Å². The average molecular weight is 403 g/mol. The van der Waals surface area contributed by atoms with Crippen LogP contribution in [-0.4, -0.2) is 35.4 Å². The largest absolute Gasteiger partial charge is 0.484 e. The second-order valence-electron chi connectivity index (χ2n) is 7.10. The summed E-state index contributed by atoms with van der Waals surface area (Å²) in [6.07, 6.45) is 0. The molecule has 0 heterocycles. The molecule has 5 nitrogen and oxygen atoms in total. The fraction of sp³-hybridized carbons (Fsp3) is 0.364. The van der Waals surface area contributed by atoms with Crippen molar-refractivity contribution in [1.82, 2.24) is 10.2 Å². The number of benzene rings is 2. The summed E-state index contributed by atoms with van der Waals surface area (Å²) >= 11 is 5.96. The fourth-order valence-electron chi connectivity index (χ4n) is 2.78. The van der Waals surface area contributed by atoms with Gasteiger partial charge >= 0.3 is 0 Å². The van der Waals surface area contributed by atoms with Crippen molar-refractivity contribution in [3.05, 3.63) is 64.7 Å². The first-order chi connectivity index (χ1) is 13.3. The van der Waals surface area contributed by atoms with E-state index in [-0.39, 0.29) is 24.5 Å². The molecule has 1 atom stereocenters. The third-order valence-electron chi connectivity index (χ3n) is 4.19. The maximum Gasteiger partial charge on any atom is 0.261 e. The Morgan fingerprint density at radius 2 is 1.82 bits per heavy atom. The molecule has 0 aliphatic rings. The van der Waals surface area contributed by atoms with E-state index in [0.717, 1.165) is 11.1 Å². The number of carbonyl (C=O) groups is 2. The van der Waals surface area contributed by atoms with Crippen LogP contribution in [0.4, 0.5) is 0 Å². The average Bonchev–Trinajstić information content (AvgIpc) is 2.63. The van der Waals surface area contributed by atoms with Gasteiger partial charge in [0.25, 0.3) is 5.91 Å². The molecule has 2 rings (SSSR count). The van der Waals surface area contributed by atoms with Crippen LogP contribution in [0.2, 0.25) is 5.02 Å². The summed E-state index contributed by atoms with van der Waals surface area (Å²) in [6, 6.07) is 14.1. The molecule has 0 spiro atoms. The smallest absolute Gasteiger partial charge is 0.261 e.